The van der Waals surface area contributed by atoms with Crippen LogP contribution < -0.4 is 5.32 Å². The highest BCUT2D eigenvalue weighted by Gasteiger charge is 2.08. The van der Waals surface area contributed by atoms with E-state index in [1.807, 2.05) is 18.2 Å². The highest BCUT2D eigenvalue weighted by atomic mass is 35.5. The topological polar surface area (TPSA) is 29.1 Å². The van der Waals surface area contributed by atoms with Crippen molar-refractivity contribution in [3.8, 4) is 0 Å². The molecule has 0 unspecified atom stereocenters. The van der Waals surface area contributed by atoms with Gasteiger partial charge in [0.1, 0.15) is 0 Å². The first-order valence-electron chi connectivity index (χ1n) is 7.49. The lowest BCUT2D eigenvalue weighted by molar-refractivity contribution is -0.111. The predicted molar refractivity (Wildman–Crippen MR) is 94.3 cm³/mol. The highest BCUT2D eigenvalue weighted by Crippen LogP contribution is 2.22. The first kappa shape index (κ1) is 16.3. The molecule has 0 atom stereocenters. The third kappa shape index (κ3) is 4.22. The molecule has 3 heteroatoms. The van der Waals surface area contributed by atoms with E-state index in [1.165, 1.54) is 0 Å². The highest BCUT2D eigenvalue weighted by molar-refractivity contribution is 6.30. The van der Waals surface area contributed by atoms with Crippen molar-refractivity contribution in [3.63, 3.8) is 0 Å². The number of amides is 1. The Kier molecular flexibility index (Phi) is 5.79. The molecule has 0 aliphatic carbocycles. The van der Waals surface area contributed by atoms with Crippen molar-refractivity contribution in [2.45, 2.75) is 26.7 Å². The number of rotatable bonds is 5. The molecule has 2 rings (SSSR count). The van der Waals surface area contributed by atoms with Crippen LogP contribution >= 0.6 is 11.6 Å². The first-order valence-corrected chi connectivity index (χ1v) is 7.87. The first-order chi connectivity index (χ1) is 10.6. The second-order valence-corrected chi connectivity index (χ2v) is 5.47. The Hall–Kier alpha value is -2.06. The Morgan fingerprint density at radius 2 is 1.64 bits per heavy atom. The van der Waals surface area contributed by atoms with E-state index in [2.05, 4.69) is 31.3 Å². The molecule has 0 aliphatic heterocycles. The molecule has 0 aromatic heterocycles. The molecule has 2 nitrogen and oxygen atoms in total. The van der Waals surface area contributed by atoms with Crippen LogP contribution in [-0.2, 0) is 17.6 Å². The van der Waals surface area contributed by atoms with E-state index in [9.17, 15) is 4.79 Å². The second-order valence-electron chi connectivity index (χ2n) is 5.03. The van der Waals surface area contributed by atoms with E-state index in [4.69, 9.17) is 11.6 Å². The summed E-state index contributed by atoms with van der Waals surface area (Å²) in [7, 11) is 0. The third-order valence-electron chi connectivity index (χ3n) is 3.54. The van der Waals surface area contributed by atoms with Gasteiger partial charge < -0.3 is 5.32 Å². The monoisotopic (exact) mass is 313 g/mol. The summed E-state index contributed by atoms with van der Waals surface area (Å²) < 4.78 is 0. The van der Waals surface area contributed by atoms with E-state index in [0.717, 1.165) is 35.2 Å². The third-order valence-corrected chi connectivity index (χ3v) is 3.80. The van der Waals surface area contributed by atoms with Crippen LogP contribution in [0.3, 0.4) is 0 Å². The number of nitrogens with one attached hydrogen (secondary N) is 1. The van der Waals surface area contributed by atoms with Crippen LogP contribution in [0, 0.1) is 0 Å². The van der Waals surface area contributed by atoms with Gasteiger partial charge in [0.05, 0.1) is 0 Å². The molecule has 0 radical (unpaired) electrons. The van der Waals surface area contributed by atoms with Crippen LogP contribution in [0.5, 0.6) is 0 Å². The molecule has 2 aromatic rings. The normalized spacial score (nSPS) is 10.9. The van der Waals surface area contributed by atoms with Gasteiger partial charge in [-0.05, 0) is 47.7 Å². The summed E-state index contributed by atoms with van der Waals surface area (Å²) in [6, 6.07) is 13.5. The Morgan fingerprint density at radius 1 is 1.05 bits per heavy atom. The van der Waals surface area contributed by atoms with Crippen molar-refractivity contribution < 1.29 is 4.79 Å². The Morgan fingerprint density at radius 3 is 2.18 bits per heavy atom. The smallest absolute Gasteiger partial charge is 0.248 e. The van der Waals surface area contributed by atoms with Gasteiger partial charge in [-0.15, -0.1) is 0 Å². The minimum absolute atomic E-state index is 0.120. The van der Waals surface area contributed by atoms with Crippen LogP contribution in [0.4, 0.5) is 5.69 Å². The molecule has 0 saturated heterocycles. The number of anilines is 1. The van der Waals surface area contributed by atoms with E-state index < -0.39 is 0 Å². The van der Waals surface area contributed by atoms with Gasteiger partial charge in [0.15, 0.2) is 0 Å². The Bertz CT molecular complexity index is 652. The molecule has 114 valence electrons. The van der Waals surface area contributed by atoms with Crippen molar-refractivity contribution >= 4 is 29.3 Å². The lowest BCUT2D eigenvalue weighted by Gasteiger charge is -2.13. The standard InChI is InChI=1S/C19H20ClNO/c1-3-15-6-5-7-16(4-2)19(15)21-18(22)13-10-14-8-11-17(20)12-9-14/h5-13H,3-4H2,1-2H3,(H,21,22)/b13-10+. The lowest BCUT2D eigenvalue weighted by atomic mass is 10.0. The van der Waals surface area contributed by atoms with E-state index in [-0.39, 0.29) is 5.91 Å². The summed E-state index contributed by atoms with van der Waals surface area (Å²) >= 11 is 5.85. The summed E-state index contributed by atoms with van der Waals surface area (Å²) in [4.78, 5) is 12.2. The van der Waals surface area contributed by atoms with Crippen LogP contribution in [0.15, 0.2) is 48.5 Å². The fourth-order valence-corrected chi connectivity index (χ4v) is 2.44. The number of carbonyl (C=O) groups is 1. The number of hydrogen-bond acceptors (Lipinski definition) is 1. The van der Waals surface area contributed by atoms with Crippen LogP contribution in [-0.4, -0.2) is 5.91 Å². The summed E-state index contributed by atoms with van der Waals surface area (Å²) in [6.45, 7) is 4.18. The average Bonchev–Trinajstić information content (AvgIpc) is 2.54. The van der Waals surface area contributed by atoms with Gasteiger partial charge in [0.25, 0.3) is 0 Å². The molecule has 0 bridgehead atoms. The van der Waals surface area contributed by atoms with Gasteiger partial charge in [-0.25, -0.2) is 0 Å². The van der Waals surface area contributed by atoms with Crippen molar-refractivity contribution in [1.82, 2.24) is 0 Å². The van der Waals surface area contributed by atoms with Gasteiger partial charge in [0, 0.05) is 16.8 Å². The van der Waals surface area contributed by atoms with Gasteiger partial charge in [0.2, 0.25) is 5.91 Å². The summed E-state index contributed by atoms with van der Waals surface area (Å²) in [5.41, 5.74) is 4.21. The number of hydrogen-bond donors (Lipinski definition) is 1. The predicted octanol–water partition coefficient (Wildman–Crippen LogP) is 5.12. The van der Waals surface area contributed by atoms with Crippen molar-refractivity contribution in [2.75, 3.05) is 5.32 Å². The molecular weight excluding hydrogens is 294 g/mol. The summed E-state index contributed by atoms with van der Waals surface area (Å²) in [5, 5.41) is 3.70. The quantitative estimate of drug-likeness (QED) is 0.763. The van der Waals surface area contributed by atoms with Crippen molar-refractivity contribution in [1.29, 1.82) is 0 Å². The fourth-order valence-electron chi connectivity index (χ4n) is 2.31. The van der Waals surface area contributed by atoms with Gasteiger partial charge in [-0.3, -0.25) is 4.79 Å². The molecule has 0 heterocycles. The molecule has 2 aromatic carbocycles. The van der Waals surface area contributed by atoms with Crippen LogP contribution in [0.1, 0.15) is 30.5 Å². The molecule has 1 N–H and O–H groups in total. The Balaban J connectivity index is 2.13. The molecule has 0 fully saturated rings. The fraction of sp³-hybridized carbons (Fsp3) is 0.211. The van der Waals surface area contributed by atoms with Crippen LogP contribution in [0.25, 0.3) is 6.08 Å². The van der Waals surface area contributed by atoms with Gasteiger partial charge >= 0.3 is 0 Å². The molecule has 22 heavy (non-hydrogen) atoms. The number of halogens is 1. The van der Waals surface area contributed by atoms with Gasteiger partial charge in [-0.2, -0.15) is 0 Å². The molecule has 0 spiro atoms. The molecular formula is C19H20ClNO. The number of para-hydroxylation sites is 1. The number of aryl methyl sites for hydroxylation is 2. The zero-order valence-electron chi connectivity index (χ0n) is 12.9. The molecule has 0 aliphatic rings. The average molecular weight is 314 g/mol. The zero-order chi connectivity index (χ0) is 15.9. The largest absolute Gasteiger partial charge is 0.322 e. The van der Waals surface area contributed by atoms with Gasteiger partial charge in [-0.1, -0.05) is 55.8 Å². The maximum absolute atomic E-state index is 12.2. The van der Waals surface area contributed by atoms with E-state index in [0.29, 0.717) is 5.02 Å². The summed E-state index contributed by atoms with van der Waals surface area (Å²) in [6.07, 6.45) is 5.12. The lowest BCUT2D eigenvalue weighted by Crippen LogP contribution is -2.11. The van der Waals surface area contributed by atoms with Crippen molar-refractivity contribution in [3.05, 3.63) is 70.3 Å². The van der Waals surface area contributed by atoms with E-state index in [1.54, 1.807) is 24.3 Å². The zero-order valence-corrected chi connectivity index (χ0v) is 13.7. The van der Waals surface area contributed by atoms with Crippen LogP contribution in [0.2, 0.25) is 5.02 Å². The maximum atomic E-state index is 12.2. The minimum Gasteiger partial charge on any atom is -0.322 e. The van der Waals surface area contributed by atoms with Crippen molar-refractivity contribution in [2.24, 2.45) is 0 Å². The molecule has 1 amide bonds. The second kappa shape index (κ2) is 7.81. The summed E-state index contributed by atoms with van der Waals surface area (Å²) in [5.74, 6) is -0.120. The van der Waals surface area contributed by atoms with E-state index >= 15 is 0 Å². The Labute approximate surface area is 136 Å². The number of carbonyl (C=O) groups excluding carboxylic acids is 1. The SMILES string of the molecule is CCc1cccc(CC)c1NC(=O)/C=C/c1ccc(Cl)cc1. The molecule has 0 saturated carbocycles. The number of benzene rings is 2. The maximum Gasteiger partial charge on any atom is 0.248 e. The minimum atomic E-state index is -0.120.